The van der Waals surface area contributed by atoms with E-state index in [1.807, 2.05) is 18.2 Å². The highest BCUT2D eigenvalue weighted by Crippen LogP contribution is 2.29. The van der Waals surface area contributed by atoms with Gasteiger partial charge in [-0.3, -0.25) is 4.90 Å². The fourth-order valence-electron chi connectivity index (χ4n) is 5.51. The van der Waals surface area contributed by atoms with Crippen LogP contribution in [-0.4, -0.2) is 96.8 Å². The van der Waals surface area contributed by atoms with Gasteiger partial charge >= 0.3 is 29.9 Å². The number of nitrogens with zero attached hydrogens (tertiary/aromatic N) is 2. The second-order valence-electron chi connectivity index (χ2n) is 12.0. The number of anilines is 1. The number of carboxylic acids is 2. The first kappa shape index (κ1) is 42.2. The Balaban J connectivity index is 0.000000441. The number of piperidine rings is 2. The van der Waals surface area contributed by atoms with Gasteiger partial charge in [0.25, 0.3) is 0 Å². The number of hydrogen-bond acceptors (Lipinski definition) is 9. The molecule has 0 unspecified atom stereocenters. The molecule has 5 rings (SSSR count). The van der Waals surface area contributed by atoms with E-state index in [0.29, 0.717) is 17.2 Å². The van der Waals surface area contributed by atoms with Crippen molar-refractivity contribution in [3.8, 4) is 11.5 Å². The lowest BCUT2D eigenvalue weighted by Gasteiger charge is -2.33. The van der Waals surface area contributed by atoms with Crippen molar-refractivity contribution in [2.75, 3.05) is 51.8 Å². The number of rotatable bonds is 10. The number of carbonyl (C=O) groups is 2. The van der Waals surface area contributed by atoms with Crippen LogP contribution in [0, 0.1) is 0 Å². The fraction of sp³-hybridized carbons (Fsp3) is 0.500. The predicted octanol–water partition coefficient (Wildman–Crippen LogP) is 7.05. The topological polar surface area (TPSA) is 142 Å². The summed E-state index contributed by atoms with van der Waals surface area (Å²) in [6.07, 6.45) is -3.17. The number of alkyl halides is 6. The van der Waals surface area contributed by atoms with Crippen molar-refractivity contribution < 1.29 is 60.0 Å². The minimum Gasteiger partial charge on any atom is -0.497 e. The van der Waals surface area contributed by atoms with Crippen molar-refractivity contribution in [2.24, 2.45) is 0 Å². The molecule has 11 nitrogen and oxygen atoms in total. The Morgan fingerprint density at radius 3 is 2.08 bits per heavy atom. The van der Waals surface area contributed by atoms with Gasteiger partial charge in [-0.15, -0.1) is 0 Å². The average molecular weight is 768 g/mol. The van der Waals surface area contributed by atoms with E-state index in [1.54, 1.807) is 19.2 Å². The van der Waals surface area contributed by atoms with Gasteiger partial charge in [-0.05, 0) is 81.1 Å². The Morgan fingerprint density at radius 2 is 1.52 bits per heavy atom. The molecule has 0 spiro atoms. The van der Waals surface area contributed by atoms with E-state index in [4.69, 9.17) is 45.3 Å². The van der Waals surface area contributed by atoms with Crippen LogP contribution in [0.5, 0.6) is 11.5 Å². The molecule has 2 aliphatic rings. The Bertz CT molecular complexity index is 1650. The van der Waals surface area contributed by atoms with Crippen molar-refractivity contribution in [1.29, 1.82) is 0 Å². The molecular formula is C34H40ClF6N3O8. The van der Waals surface area contributed by atoms with Gasteiger partial charge in [0, 0.05) is 43.7 Å². The van der Waals surface area contributed by atoms with Crippen molar-refractivity contribution in [3.05, 3.63) is 63.5 Å². The lowest BCUT2D eigenvalue weighted by Crippen LogP contribution is -2.38. The normalized spacial score (nSPS) is 15.8. The number of halogens is 7. The largest absolute Gasteiger partial charge is 0.497 e. The van der Waals surface area contributed by atoms with Gasteiger partial charge < -0.3 is 34.3 Å². The van der Waals surface area contributed by atoms with Crippen LogP contribution >= 0.6 is 11.6 Å². The summed E-state index contributed by atoms with van der Waals surface area (Å²) < 4.78 is 80.2. The Hall–Kier alpha value is -4.22. The van der Waals surface area contributed by atoms with E-state index in [2.05, 4.69) is 21.2 Å². The highest BCUT2D eigenvalue weighted by molar-refractivity contribution is 6.32. The number of aliphatic carboxylic acids is 2. The highest BCUT2D eigenvalue weighted by atomic mass is 35.5. The van der Waals surface area contributed by atoms with Gasteiger partial charge in [-0.2, -0.15) is 26.3 Å². The first-order chi connectivity index (χ1) is 24.5. The van der Waals surface area contributed by atoms with Crippen LogP contribution in [0.3, 0.4) is 0 Å². The molecule has 2 saturated heterocycles. The third-order valence-electron chi connectivity index (χ3n) is 8.11. The van der Waals surface area contributed by atoms with Crippen LogP contribution in [0.4, 0.5) is 32.0 Å². The Morgan fingerprint density at radius 1 is 0.904 bits per heavy atom. The van der Waals surface area contributed by atoms with Crippen LogP contribution in [-0.2, 0) is 16.1 Å². The quantitative estimate of drug-likeness (QED) is 0.111. The standard InChI is InChI=1S/C30H38ClN3O4.2C2HF3O2/c1-36-24-7-9-28-25(19-24)27(20-30(35)38-28)32-23-10-15-34(16-11-23)21-22-6-8-29(26(31)18-22)37-17-5-14-33-12-3-2-4-13-33;2*3-2(4,5)1(6)7/h6-9,18-20,23,32H,2-5,10-17,21H2,1H3;2*(H,6,7). The third-order valence-corrected chi connectivity index (χ3v) is 8.40. The number of nitrogens with one attached hydrogen (secondary N) is 1. The van der Waals surface area contributed by atoms with Crippen LogP contribution in [0.2, 0.25) is 5.02 Å². The number of hydrogen-bond donors (Lipinski definition) is 3. The highest BCUT2D eigenvalue weighted by Gasteiger charge is 2.39. The maximum Gasteiger partial charge on any atom is 0.490 e. The maximum atomic E-state index is 12.1. The Kier molecular flexibility index (Phi) is 15.9. The molecule has 0 radical (unpaired) electrons. The van der Waals surface area contributed by atoms with E-state index in [9.17, 15) is 31.1 Å². The summed E-state index contributed by atoms with van der Waals surface area (Å²) in [4.78, 5) is 34.9. The van der Waals surface area contributed by atoms with Gasteiger partial charge in [0.1, 0.15) is 17.1 Å². The van der Waals surface area contributed by atoms with Crippen LogP contribution in [0.25, 0.3) is 11.0 Å². The second-order valence-corrected chi connectivity index (χ2v) is 12.4. The minimum absolute atomic E-state index is 0.284. The summed E-state index contributed by atoms with van der Waals surface area (Å²) in [5, 5.41) is 19.4. The number of benzene rings is 2. The van der Waals surface area contributed by atoms with Gasteiger partial charge in [-0.25, -0.2) is 14.4 Å². The lowest BCUT2D eigenvalue weighted by atomic mass is 10.0. The molecule has 0 atom stereocenters. The second kappa shape index (κ2) is 19.6. The maximum absolute atomic E-state index is 12.1. The van der Waals surface area contributed by atoms with Gasteiger partial charge in [0.2, 0.25) is 0 Å². The summed E-state index contributed by atoms with van der Waals surface area (Å²) in [5.74, 6) is -4.01. The summed E-state index contributed by atoms with van der Waals surface area (Å²) in [6.45, 7) is 7.02. The third kappa shape index (κ3) is 14.1. The van der Waals surface area contributed by atoms with E-state index in [1.165, 1.54) is 44.0 Å². The SMILES string of the molecule is COc1ccc2oc(=O)cc(NC3CCN(Cc4ccc(OCCCN5CCCCC5)c(Cl)c4)CC3)c2c1.O=C(O)C(F)(F)F.O=C(O)C(F)(F)F. The molecule has 2 aliphatic heterocycles. The summed E-state index contributed by atoms with van der Waals surface area (Å²) in [5.41, 5.74) is 2.20. The molecular weight excluding hydrogens is 728 g/mol. The predicted molar refractivity (Wildman–Crippen MR) is 180 cm³/mol. The van der Waals surface area contributed by atoms with Crippen molar-refractivity contribution in [3.63, 3.8) is 0 Å². The molecule has 0 amide bonds. The zero-order valence-electron chi connectivity index (χ0n) is 28.2. The monoisotopic (exact) mass is 767 g/mol. The van der Waals surface area contributed by atoms with Gasteiger partial charge in [-0.1, -0.05) is 24.1 Å². The average Bonchev–Trinajstić information content (AvgIpc) is 3.08. The van der Waals surface area contributed by atoms with Crippen LogP contribution < -0.4 is 20.4 Å². The zero-order chi connectivity index (χ0) is 38.5. The molecule has 18 heteroatoms. The molecule has 52 heavy (non-hydrogen) atoms. The van der Waals surface area contributed by atoms with E-state index < -0.39 is 24.3 Å². The van der Waals surface area contributed by atoms with E-state index in [-0.39, 0.29) is 11.7 Å². The molecule has 1 aromatic heterocycles. The van der Waals surface area contributed by atoms with E-state index >= 15 is 0 Å². The molecule has 288 valence electrons. The molecule has 3 N–H and O–H groups in total. The molecule has 3 heterocycles. The number of carboxylic acid groups (broad SMARTS) is 2. The zero-order valence-corrected chi connectivity index (χ0v) is 29.0. The van der Waals surface area contributed by atoms with Crippen molar-refractivity contribution in [2.45, 2.75) is 63.5 Å². The fourth-order valence-corrected chi connectivity index (χ4v) is 5.77. The molecule has 0 aliphatic carbocycles. The minimum atomic E-state index is -5.08. The van der Waals surface area contributed by atoms with Gasteiger partial charge in [0.15, 0.2) is 0 Å². The molecule has 0 bridgehead atoms. The molecule has 3 aromatic rings. The summed E-state index contributed by atoms with van der Waals surface area (Å²) in [6, 6.07) is 13.5. The smallest absolute Gasteiger partial charge is 0.490 e. The lowest BCUT2D eigenvalue weighted by molar-refractivity contribution is -0.193. The first-order valence-corrected chi connectivity index (χ1v) is 16.7. The molecule has 2 aromatic carbocycles. The summed E-state index contributed by atoms with van der Waals surface area (Å²) in [7, 11) is 1.63. The number of ether oxygens (including phenoxy) is 2. The number of methoxy groups -OCH3 is 1. The molecule has 0 saturated carbocycles. The number of likely N-dealkylation sites (tertiary alicyclic amines) is 2. The Labute approximate surface area is 300 Å². The molecule has 2 fully saturated rings. The summed E-state index contributed by atoms with van der Waals surface area (Å²) >= 11 is 6.56. The van der Waals surface area contributed by atoms with Crippen LogP contribution in [0.15, 0.2) is 51.7 Å². The van der Waals surface area contributed by atoms with E-state index in [0.717, 1.165) is 68.0 Å². The number of fused-ring (bicyclic) bond motifs is 1. The van der Waals surface area contributed by atoms with Crippen molar-refractivity contribution >= 4 is 40.2 Å². The first-order valence-electron chi connectivity index (χ1n) is 16.3. The van der Waals surface area contributed by atoms with Crippen LogP contribution in [0.1, 0.15) is 44.1 Å². The van der Waals surface area contributed by atoms with Gasteiger partial charge in [0.05, 0.1) is 24.4 Å². The van der Waals surface area contributed by atoms with Crippen molar-refractivity contribution in [1.82, 2.24) is 9.80 Å².